The molecule has 1 amide bonds. The molecule has 2 aromatic carbocycles. The van der Waals surface area contributed by atoms with Crippen LogP contribution in [-0.2, 0) is 4.79 Å². The molecule has 102 valence electrons. The average Bonchev–Trinajstić information content (AvgIpc) is 2.46. The summed E-state index contributed by atoms with van der Waals surface area (Å²) in [6, 6.07) is 20.4. The van der Waals surface area contributed by atoms with Crippen LogP contribution in [0.5, 0.6) is 0 Å². The first kappa shape index (κ1) is 12.9. The molecule has 20 heavy (non-hydrogen) atoms. The largest absolute Gasteiger partial charge is 0.304 e. The standard InChI is InChI=1S/C18H19NO/c1-13(2)16-17(14-9-5-3-6-10-14)19(18(16)20)15-11-7-4-8-12-15/h3-13,16-17H,1-2H3/t16-,17+/m0/s1. The van der Waals surface area contributed by atoms with Crippen molar-refractivity contribution in [1.29, 1.82) is 0 Å². The Morgan fingerprint density at radius 2 is 1.45 bits per heavy atom. The number of benzene rings is 2. The van der Waals surface area contributed by atoms with Crippen molar-refractivity contribution in [2.24, 2.45) is 11.8 Å². The van der Waals surface area contributed by atoms with Gasteiger partial charge in [-0.05, 0) is 23.6 Å². The van der Waals surface area contributed by atoms with Crippen LogP contribution in [0.2, 0.25) is 0 Å². The van der Waals surface area contributed by atoms with Crippen molar-refractivity contribution in [2.45, 2.75) is 19.9 Å². The minimum atomic E-state index is 0.0811. The summed E-state index contributed by atoms with van der Waals surface area (Å²) in [4.78, 5) is 14.4. The number of β-lactam (4-membered cyclic amide) rings is 1. The van der Waals surface area contributed by atoms with Gasteiger partial charge in [0.2, 0.25) is 5.91 Å². The van der Waals surface area contributed by atoms with Crippen molar-refractivity contribution in [3.63, 3.8) is 0 Å². The highest BCUT2D eigenvalue weighted by molar-refractivity contribution is 6.03. The first-order valence-corrected chi connectivity index (χ1v) is 7.13. The van der Waals surface area contributed by atoms with Gasteiger partial charge in [0, 0.05) is 5.69 Å². The maximum absolute atomic E-state index is 12.5. The minimum absolute atomic E-state index is 0.0811. The lowest BCUT2D eigenvalue weighted by atomic mass is 9.75. The Bertz CT molecular complexity index is 591. The van der Waals surface area contributed by atoms with Crippen molar-refractivity contribution < 1.29 is 4.79 Å². The molecule has 1 aliphatic rings. The second kappa shape index (κ2) is 5.12. The van der Waals surface area contributed by atoms with Crippen molar-refractivity contribution >= 4 is 11.6 Å². The zero-order valence-corrected chi connectivity index (χ0v) is 11.9. The summed E-state index contributed by atoms with van der Waals surface area (Å²) in [5.41, 5.74) is 2.21. The molecule has 2 aromatic rings. The van der Waals surface area contributed by atoms with Crippen molar-refractivity contribution in [3.05, 3.63) is 66.2 Å². The number of hydrogen-bond donors (Lipinski definition) is 0. The molecule has 0 N–H and O–H groups in total. The lowest BCUT2D eigenvalue weighted by Crippen LogP contribution is -2.57. The second-order valence-corrected chi connectivity index (χ2v) is 5.67. The molecule has 1 aliphatic heterocycles. The van der Waals surface area contributed by atoms with Crippen LogP contribution in [0.1, 0.15) is 25.5 Å². The van der Waals surface area contributed by atoms with Gasteiger partial charge in [-0.1, -0.05) is 62.4 Å². The molecule has 0 spiro atoms. The van der Waals surface area contributed by atoms with Gasteiger partial charge in [0.15, 0.2) is 0 Å². The van der Waals surface area contributed by atoms with Crippen LogP contribution in [0, 0.1) is 11.8 Å². The molecule has 0 radical (unpaired) electrons. The maximum atomic E-state index is 12.5. The topological polar surface area (TPSA) is 20.3 Å². The normalized spacial score (nSPS) is 21.9. The Morgan fingerprint density at radius 3 is 2.00 bits per heavy atom. The van der Waals surface area contributed by atoms with Crippen molar-refractivity contribution in [1.82, 2.24) is 0 Å². The van der Waals surface area contributed by atoms with E-state index in [0.29, 0.717) is 5.92 Å². The molecule has 2 nitrogen and oxygen atoms in total. The Labute approximate surface area is 120 Å². The van der Waals surface area contributed by atoms with Gasteiger partial charge in [-0.3, -0.25) is 4.79 Å². The van der Waals surface area contributed by atoms with Gasteiger partial charge in [0.1, 0.15) is 0 Å². The summed E-state index contributed by atoms with van der Waals surface area (Å²) in [7, 11) is 0. The maximum Gasteiger partial charge on any atom is 0.233 e. The monoisotopic (exact) mass is 265 g/mol. The van der Waals surface area contributed by atoms with Gasteiger partial charge in [-0.2, -0.15) is 0 Å². The average molecular weight is 265 g/mol. The van der Waals surface area contributed by atoms with Crippen LogP contribution in [0.15, 0.2) is 60.7 Å². The highest BCUT2D eigenvalue weighted by Gasteiger charge is 2.49. The third kappa shape index (κ3) is 2.01. The van der Waals surface area contributed by atoms with E-state index < -0.39 is 0 Å². The fourth-order valence-electron chi connectivity index (χ4n) is 3.04. The Balaban J connectivity index is 2.00. The summed E-state index contributed by atoms with van der Waals surface area (Å²) < 4.78 is 0. The van der Waals surface area contributed by atoms with E-state index in [-0.39, 0.29) is 17.9 Å². The lowest BCUT2D eigenvalue weighted by Gasteiger charge is -2.49. The minimum Gasteiger partial charge on any atom is -0.304 e. The first-order chi connectivity index (χ1) is 9.70. The highest BCUT2D eigenvalue weighted by Crippen LogP contribution is 2.46. The third-order valence-electron chi connectivity index (χ3n) is 4.03. The smallest absolute Gasteiger partial charge is 0.233 e. The first-order valence-electron chi connectivity index (χ1n) is 7.13. The van der Waals surface area contributed by atoms with Crippen molar-refractivity contribution in [3.8, 4) is 0 Å². The number of para-hydroxylation sites is 1. The van der Waals surface area contributed by atoms with Crippen molar-refractivity contribution in [2.75, 3.05) is 4.90 Å². The molecule has 2 atom stereocenters. The van der Waals surface area contributed by atoms with Gasteiger partial charge in [-0.25, -0.2) is 0 Å². The Morgan fingerprint density at radius 1 is 0.900 bits per heavy atom. The number of rotatable bonds is 3. The van der Waals surface area contributed by atoms with E-state index >= 15 is 0 Å². The fourth-order valence-corrected chi connectivity index (χ4v) is 3.04. The molecular formula is C18H19NO. The van der Waals surface area contributed by atoms with Crippen LogP contribution in [0.4, 0.5) is 5.69 Å². The Kier molecular flexibility index (Phi) is 3.31. The van der Waals surface area contributed by atoms with Gasteiger partial charge in [0.25, 0.3) is 0 Å². The van der Waals surface area contributed by atoms with Gasteiger partial charge < -0.3 is 4.90 Å². The molecule has 3 rings (SSSR count). The number of nitrogens with zero attached hydrogens (tertiary/aromatic N) is 1. The number of hydrogen-bond acceptors (Lipinski definition) is 1. The quantitative estimate of drug-likeness (QED) is 0.767. The van der Waals surface area contributed by atoms with Gasteiger partial charge in [-0.15, -0.1) is 0 Å². The van der Waals surface area contributed by atoms with Crippen LogP contribution >= 0.6 is 0 Å². The molecule has 0 aliphatic carbocycles. The molecule has 1 saturated heterocycles. The van der Waals surface area contributed by atoms with Crippen LogP contribution in [0.25, 0.3) is 0 Å². The second-order valence-electron chi connectivity index (χ2n) is 5.67. The molecule has 2 heteroatoms. The van der Waals surface area contributed by atoms with Gasteiger partial charge >= 0.3 is 0 Å². The number of carbonyl (C=O) groups is 1. The van der Waals surface area contributed by atoms with E-state index in [0.717, 1.165) is 5.69 Å². The van der Waals surface area contributed by atoms with E-state index in [1.807, 2.05) is 53.4 Å². The lowest BCUT2D eigenvalue weighted by molar-refractivity contribution is -0.132. The summed E-state index contributed by atoms with van der Waals surface area (Å²) in [5.74, 6) is 0.672. The molecular weight excluding hydrogens is 246 g/mol. The summed E-state index contributed by atoms with van der Waals surface area (Å²) in [6.07, 6.45) is 0. The molecule has 0 unspecified atom stereocenters. The van der Waals surface area contributed by atoms with Gasteiger partial charge in [0.05, 0.1) is 12.0 Å². The van der Waals surface area contributed by atoms with E-state index in [4.69, 9.17) is 0 Å². The molecule has 1 heterocycles. The number of amides is 1. The zero-order valence-electron chi connectivity index (χ0n) is 11.9. The van der Waals surface area contributed by atoms with E-state index in [1.165, 1.54) is 5.56 Å². The highest BCUT2D eigenvalue weighted by atomic mass is 16.2. The molecule has 0 saturated carbocycles. The predicted octanol–water partition coefficient (Wildman–Crippen LogP) is 4.05. The number of carbonyl (C=O) groups excluding carboxylic acids is 1. The summed E-state index contributed by atoms with van der Waals surface area (Å²) in [6.45, 7) is 4.25. The number of anilines is 1. The molecule has 0 bridgehead atoms. The van der Waals surface area contributed by atoms with Crippen LogP contribution in [0.3, 0.4) is 0 Å². The Hall–Kier alpha value is -2.09. The SMILES string of the molecule is CC(C)[C@@H]1C(=O)N(c2ccccc2)[C@@H]1c1ccccc1. The zero-order chi connectivity index (χ0) is 14.1. The molecule has 1 fully saturated rings. The third-order valence-corrected chi connectivity index (χ3v) is 4.03. The van der Waals surface area contributed by atoms with E-state index in [9.17, 15) is 4.79 Å². The van der Waals surface area contributed by atoms with Crippen LogP contribution < -0.4 is 4.90 Å². The summed E-state index contributed by atoms with van der Waals surface area (Å²) in [5, 5.41) is 0. The summed E-state index contributed by atoms with van der Waals surface area (Å²) >= 11 is 0. The molecule has 0 aromatic heterocycles. The van der Waals surface area contributed by atoms with E-state index in [2.05, 4.69) is 26.0 Å². The fraction of sp³-hybridized carbons (Fsp3) is 0.278. The van der Waals surface area contributed by atoms with E-state index in [1.54, 1.807) is 0 Å². The predicted molar refractivity (Wildman–Crippen MR) is 81.4 cm³/mol. The van der Waals surface area contributed by atoms with Crippen LogP contribution in [-0.4, -0.2) is 5.91 Å².